The normalized spacial score (nSPS) is 11.9. The molecule has 1 heterocycles. The smallest absolute Gasteiger partial charge is 0.416 e. The average Bonchev–Trinajstić information content (AvgIpc) is 2.99. The number of nitrogens with zero attached hydrogens (tertiary/aromatic N) is 3. The van der Waals surface area contributed by atoms with Gasteiger partial charge in [0.1, 0.15) is 12.4 Å². The maximum Gasteiger partial charge on any atom is 0.416 e. The highest BCUT2D eigenvalue weighted by Crippen LogP contribution is 2.32. The minimum atomic E-state index is -4.55. The van der Waals surface area contributed by atoms with Gasteiger partial charge in [0.25, 0.3) is 5.56 Å². The van der Waals surface area contributed by atoms with Crippen molar-refractivity contribution in [1.82, 2.24) is 9.66 Å². The first-order valence-electron chi connectivity index (χ1n) is 12.8. The van der Waals surface area contributed by atoms with Crippen LogP contribution in [0.5, 0.6) is 5.75 Å². The van der Waals surface area contributed by atoms with E-state index in [0.717, 1.165) is 33.1 Å². The van der Waals surface area contributed by atoms with Gasteiger partial charge < -0.3 is 4.74 Å². The summed E-state index contributed by atoms with van der Waals surface area (Å²) < 4.78 is 47.6. The van der Waals surface area contributed by atoms with Gasteiger partial charge in [0.15, 0.2) is 5.82 Å². The quantitative estimate of drug-likeness (QED) is 0.200. The van der Waals surface area contributed by atoms with Gasteiger partial charge >= 0.3 is 6.18 Å². The van der Waals surface area contributed by atoms with E-state index in [9.17, 15) is 18.0 Å². The van der Waals surface area contributed by atoms with Gasteiger partial charge in [0.05, 0.1) is 22.7 Å². The third-order valence-electron chi connectivity index (χ3n) is 6.70. The molecule has 5 aromatic carbocycles. The van der Waals surface area contributed by atoms with Crippen LogP contribution >= 0.6 is 0 Å². The van der Waals surface area contributed by atoms with Crippen LogP contribution in [-0.4, -0.2) is 15.9 Å². The number of hydrogen-bond donors (Lipinski definition) is 0. The molecule has 8 heteroatoms. The second-order valence-electron chi connectivity index (χ2n) is 9.36. The molecule has 0 radical (unpaired) electrons. The minimum Gasteiger partial charge on any atom is -0.488 e. The van der Waals surface area contributed by atoms with Gasteiger partial charge in [-0.2, -0.15) is 22.9 Å². The first-order valence-corrected chi connectivity index (χ1v) is 12.8. The summed E-state index contributed by atoms with van der Waals surface area (Å²) in [5.41, 5.74) is 0.712. The summed E-state index contributed by atoms with van der Waals surface area (Å²) in [4.78, 5) is 18.0. The zero-order valence-corrected chi connectivity index (χ0v) is 21.5. The number of hydrogen-bond acceptors (Lipinski definition) is 4. The number of halogens is 3. The Labute approximate surface area is 232 Å². The molecule has 0 saturated carbocycles. The Morgan fingerprint density at radius 3 is 2.37 bits per heavy atom. The third-order valence-corrected chi connectivity index (χ3v) is 6.70. The molecule has 0 saturated heterocycles. The van der Waals surface area contributed by atoms with Gasteiger partial charge in [-0.1, -0.05) is 78.9 Å². The van der Waals surface area contributed by atoms with Gasteiger partial charge in [-0.3, -0.25) is 4.79 Å². The number of alkyl halides is 3. The maximum absolute atomic E-state index is 13.5. The van der Waals surface area contributed by atoms with E-state index in [1.54, 1.807) is 42.5 Å². The Morgan fingerprint density at radius 1 is 0.805 bits per heavy atom. The number of fused-ring (bicyclic) bond motifs is 2. The van der Waals surface area contributed by atoms with Crippen molar-refractivity contribution in [2.45, 2.75) is 12.8 Å². The molecule has 6 aromatic rings. The summed E-state index contributed by atoms with van der Waals surface area (Å²) in [7, 11) is 0. The van der Waals surface area contributed by atoms with Crippen molar-refractivity contribution in [1.29, 1.82) is 0 Å². The largest absolute Gasteiger partial charge is 0.488 e. The van der Waals surface area contributed by atoms with Gasteiger partial charge in [-0.25, -0.2) is 4.98 Å². The Kier molecular flexibility index (Phi) is 6.81. The Hall–Kier alpha value is -5.24. The van der Waals surface area contributed by atoms with Gasteiger partial charge in [-0.15, -0.1) is 0 Å². The van der Waals surface area contributed by atoms with E-state index >= 15 is 0 Å². The zero-order chi connectivity index (χ0) is 28.4. The van der Waals surface area contributed by atoms with Crippen LogP contribution in [-0.2, 0) is 12.8 Å². The van der Waals surface area contributed by atoms with Crippen molar-refractivity contribution >= 4 is 27.9 Å². The lowest BCUT2D eigenvalue weighted by Gasteiger charge is -2.13. The number of para-hydroxylation sites is 2. The van der Waals surface area contributed by atoms with Crippen molar-refractivity contribution in [3.8, 4) is 17.1 Å². The number of benzene rings is 5. The first kappa shape index (κ1) is 26.0. The molecule has 202 valence electrons. The van der Waals surface area contributed by atoms with Crippen molar-refractivity contribution in [3.63, 3.8) is 0 Å². The van der Waals surface area contributed by atoms with Crippen molar-refractivity contribution in [2.24, 2.45) is 5.10 Å². The van der Waals surface area contributed by atoms with Crippen LogP contribution in [0.15, 0.2) is 125 Å². The lowest BCUT2D eigenvalue weighted by atomic mass is 10.1. The molecule has 1 aromatic heterocycles. The summed E-state index contributed by atoms with van der Waals surface area (Å²) >= 11 is 0. The summed E-state index contributed by atoms with van der Waals surface area (Å²) in [6, 6.07) is 32.6. The molecule has 0 bridgehead atoms. The fourth-order valence-corrected chi connectivity index (χ4v) is 4.66. The fraction of sp³-hybridized carbons (Fsp3) is 0.0606. The zero-order valence-electron chi connectivity index (χ0n) is 21.5. The topological polar surface area (TPSA) is 56.5 Å². The number of ether oxygens (including phenoxy) is 1. The second-order valence-corrected chi connectivity index (χ2v) is 9.36. The second kappa shape index (κ2) is 10.7. The van der Waals surface area contributed by atoms with Crippen molar-refractivity contribution in [2.75, 3.05) is 0 Å². The summed E-state index contributed by atoms with van der Waals surface area (Å²) in [6.45, 7) is 0.305. The van der Waals surface area contributed by atoms with E-state index in [-0.39, 0.29) is 11.4 Å². The first-order chi connectivity index (χ1) is 19.9. The average molecular weight is 550 g/mol. The van der Waals surface area contributed by atoms with Crippen LogP contribution < -0.4 is 10.3 Å². The summed E-state index contributed by atoms with van der Waals surface area (Å²) in [6.07, 6.45) is -3.10. The molecule has 41 heavy (non-hydrogen) atoms. The van der Waals surface area contributed by atoms with Crippen molar-refractivity contribution in [3.05, 3.63) is 142 Å². The molecule has 0 unspecified atom stereocenters. The van der Waals surface area contributed by atoms with Crippen LogP contribution in [0.1, 0.15) is 16.7 Å². The van der Waals surface area contributed by atoms with E-state index in [1.807, 2.05) is 48.5 Å². The van der Waals surface area contributed by atoms with Gasteiger partial charge in [0, 0.05) is 11.1 Å². The predicted octanol–water partition coefficient (Wildman–Crippen LogP) is 7.70. The molecule has 0 atom stereocenters. The highest BCUT2D eigenvalue weighted by Gasteiger charge is 2.31. The van der Waals surface area contributed by atoms with Crippen LogP contribution in [0.4, 0.5) is 13.2 Å². The number of rotatable bonds is 6. The standard InChI is InChI=1S/C33H22F3N3O2/c34-33(35,36)26-14-8-12-23(19-26)31-38-29-17-5-4-16-28(29)32(40)39(31)37-20-24-10-2-6-18-30(24)41-21-25-13-7-11-22-9-1-3-15-27(22)25/h1-20H,21H2. The molecule has 0 N–H and O–H groups in total. The molecule has 0 aliphatic heterocycles. The molecule has 5 nitrogen and oxygen atoms in total. The molecule has 0 fully saturated rings. The van der Waals surface area contributed by atoms with Crippen LogP contribution in [0, 0.1) is 0 Å². The summed E-state index contributed by atoms with van der Waals surface area (Å²) in [5, 5.41) is 6.90. The van der Waals surface area contributed by atoms with E-state index in [4.69, 9.17) is 4.74 Å². The molecular formula is C33H22F3N3O2. The Morgan fingerprint density at radius 2 is 1.51 bits per heavy atom. The van der Waals surface area contributed by atoms with Gasteiger partial charge in [0.2, 0.25) is 0 Å². The van der Waals surface area contributed by atoms with E-state index in [0.29, 0.717) is 28.8 Å². The fourth-order valence-electron chi connectivity index (χ4n) is 4.66. The minimum absolute atomic E-state index is 0.00907. The maximum atomic E-state index is 13.5. The summed E-state index contributed by atoms with van der Waals surface area (Å²) in [5.74, 6) is 0.525. The SMILES string of the molecule is O=c1c2ccccc2nc(-c2cccc(C(F)(F)F)c2)n1N=Cc1ccccc1OCc1cccc2ccccc12. The Bertz CT molecular complexity index is 1970. The predicted molar refractivity (Wildman–Crippen MR) is 154 cm³/mol. The van der Waals surface area contributed by atoms with Crippen LogP contribution in [0.3, 0.4) is 0 Å². The van der Waals surface area contributed by atoms with Crippen LogP contribution in [0.25, 0.3) is 33.1 Å². The highest BCUT2D eigenvalue weighted by molar-refractivity contribution is 5.86. The van der Waals surface area contributed by atoms with E-state index < -0.39 is 17.3 Å². The number of aromatic nitrogens is 2. The van der Waals surface area contributed by atoms with E-state index in [2.05, 4.69) is 10.1 Å². The molecule has 0 aliphatic carbocycles. The van der Waals surface area contributed by atoms with E-state index in [1.165, 1.54) is 18.3 Å². The van der Waals surface area contributed by atoms with Gasteiger partial charge in [-0.05, 0) is 52.7 Å². The monoisotopic (exact) mass is 549 g/mol. The van der Waals surface area contributed by atoms with Crippen LogP contribution in [0.2, 0.25) is 0 Å². The van der Waals surface area contributed by atoms with Crippen molar-refractivity contribution < 1.29 is 17.9 Å². The molecule has 0 aliphatic rings. The molecule has 0 amide bonds. The molecular weight excluding hydrogens is 527 g/mol. The Balaban J connectivity index is 1.40. The molecule has 0 spiro atoms. The lowest BCUT2D eigenvalue weighted by molar-refractivity contribution is -0.137. The highest BCUT2D eigenvalue weighted by atomic mass is 19.4. The third kappa shape index (κ3) is 5.32. The molecule has 6 rings (SSSR count). The lowest BCUT2D eigenvalue weighted by Crippen LogP contribution is -2.20.